The summed E-state index contributed by atoms with van der Waals surface area (Å²) in [5, 5.41) is 10.2. The van der Waals surface area contributed by atoms with Crippen LogP contribution in [0.3, 0.4) is 0 Å². The smallest absolute Gasteiger partial charge is 0.306 e. The first-order valence-corrected chi connectivity index (χ1v) is 8.38. The molecule has 2 N–H and O–H groups in total. The van der Waals surface area contributed by atoms with Gasteiger partial charge in [-0.3, -0.25) is 9.59 Å². The van der Waals surface area contributed by atoms with Gasteiger partial charge < -0.3 is 10.4 Å². The van der Waals surface area contributed by atoms with Crippen LogP contribution >= 0.6 is 0 Å². The molecular formula is C14H19NO5S. The zero-order valence-corrected chi connectivity index (χ0v) is 13.0. The van der Waals surface area contributed by atoms with Crippen molar-refractivity contribution in [1.82, 2.24) is 0 Å². The molecular weight excluding hydrogens is 294 g/mol. The maximum Gasteiger partial charge on any atom is 0.306 e. The van der Waals surface area contributed by atoms with Gasteiger partial charge in [0.05, 0.1) is 5.92 Å². The highest BCUT2D eigenvalue weighted by atomic mass is 32.2. The average Bonchev–Trinajstić information content (AvgIpc) is 2.38. The Hall–Kier alpha value is -1.89. The monoisotopic (exact) mass is 313 g/mol. The standard InChI is InChI=1S/C14H19NO5S/c1-9(14(17)18)8-11-4-6-12(7-5-11)15-13(16)10(2)21(3,19)20/h4-7,9-10H,8H2,1-3H3,(H,15,16)(H,17,18). The molecule has 0 aliphatic carbocycles. The molecule has 116 valence electrons. The van der Waals surface area contributed by atoms with Gasteiger partial charge in [-0.25, -0.2) is 8.42 Å². The molecule has 1 aromatic rings. The minimum atomic E-state index is -3.43. The first-order chi connectivity index (χ1) is 9.61. The van der Waals surface area contributed by atoms with E-state index in [4.69, 9.17) is 5.11 Å². The first-order valence-electron chi connectivity index (χ1n) is 6.42. The second-order valence-electron chi connectivity index (χ2n) is 5.10. The van der Waals surface area contributed by atoms with E-state index in [1.54, 1.807) is 31.2 Å². The molecule has 0 saturated heterocycles. The molecule has 21 heavy (non-hydrogen) atoms. The number of benzene rings is 1. The molecule has 7 heteroatoms. The van der Waals surface area contributed by atoms with Crippen LogP contribution < -0.4 is 5.32 Å². The molecule has 2 unspecified atom stereocenters. The number of sulfone groups is 1. The van der Waals surface area contributed by atoms with E-state index in [2.05, 4.69) is 5.32 Å². The van der Waals surface area contributed by atoms with E-state index in [1.807, 2.05) is 0 Å². The van der Waals surface area contributed by atoms with E-state index in [1.165, 1.54) is 6.92 Å². The van der Waals surface area contributed by atoms with Crippen LogP contribution in [0.1, 0.15) is 19.4 Å². The molecule has 1 amide bonds. The first kappa shape index (κ1) is 17.2. The van der Waals surface area contributed by atoms with E-state index in [0.717, 1.165) is 11.8 Å². The van der Waals surface area contributed by atoms with Crippen LogP contribution in [0.2, 0.25) is 0 Å². The Kier molecular flexibility index (Phi) is 5.48. The number of nitrogens with one attached hydrogen (secondary N) is 1. The van der Waals surface area contributed by atoms with Crippen molar-refractivity contribution in [3.05, 3.63) is 29.8 Å². The van der Waals surface area contributed by atoms with Gasteiger partial charge in [0.1, 0.15) is 5.25 Å². The Bertz CT molecular complexity index is 621. The summed E-state index contributed by atoms with van der Waals surface area (Å²) in [5.74, 6) is -1.95. The third-order valence-electron chi connectivity index (χ3n) is 3.20. The number of amides is 1. The molecule has 0 radical (unpaired) electrons. The van der Waals surface area contributed by atoms with E-state index in [0.29, 0.717) is 12.1 Å². The van der Waals surface area contributed by atoms with Gasteiger partial charge in [-0.1, -0.05) is 19.1 Å². The normalized spacial score (nSPS) is 14.2. The molecule has 2 atom stereocenters. The largest absolute Gasteiger partial charge is 0.481 e. The Morgan fingerprint density at radius 1 is 1.19 bits per heavy atom. The van der Waals surface area contributed by atoms with E-state index < -0.39 is 32.9 Å². The summed E-state index contributed by atoms with van der Waals surface area (Å²) in [6.45, 7) is 2.94. The minimum absolute atomic E-state index is 0.392. The summed E-state index contributed by atoms with van der Waals surface area (Å²) in [4.78, 5) is 22.5. The second-order valence-corrected chi connectivity index (χ2v) is 7.47. The van der Waals surface area contributed by atoms with Crippen LogP contribution in [0, 0.1) is 5.92 Å². The molecule has 1 aromatic carbocycles. The number of hydrogen-bond donors (Lipinski definition) is 2. The van der Waals surface area contributed by atoms with Crippen LogP contribution in [0.4, 0.5) is 5.69 Å². The van der Waals surface area contributed by atoms with Gasteiger partial charge in [-0.2, -0.15) is 0 Å². The van der Waals surface area contributed by atoms with Crippen molar-refractivity contribution in [2.24, 2.45) is 5.92 Å². The van der Waals surface area contributed by atoms with Gasteiger partial charge >= 0.3 is 5.97 Å². The van der Waals surface area contributed by atoms with Crippen molar-refractivity contribution in [3.8, 4) is 0 Å². The number of rotatable bonds is 6. The molecule has 0 bridgehead atoms. The third kappa shape index (κ3) is 5.18. The SMILES string of the molecule is CC(Cc1ccc(NC(=O)C(C)S(C)(=O)=O)cc1)C(=O)O. The van der Waals surface area contributed by atoms with Gasteiger partial charge in [0.2, 0.25) is 5.91 Å². The van der Waals surface area contributed by atoms with Gasteiger partial charge in [0.15, 0.2) is 9.84 Å². The fourth-order valence-electron chi connectivity index (χ4n) is 1.60. The number of anilines is 1. The lowest BCUT2D eigenvalue weighted by atomic mass is 10.0. The van der Waals surface area contributed by atoms with Crippen molar-refractivity contribution >= 4 is 27.4 Å². The Morgan fingerprint density at radius 2 is 1.71 bits per heavy atom. The van der Waals surface area contributed by atoms with Crippen LogP contribution in [0.25, 0.3) is 0 Å². The quantitative estimate of drug-likeness (QED) is 0.825. The summed E-state index contributed by atoms with van der Waals surface area (Å²) in [6, 6.07) is 6.66. The number of hydrogen-bond acceptors (Lipinski definition) is 4. The fraction of sp³-hybridized carbons (Fsp3) is 0.429. The van der Waals surface area contributed by atoms with Crippen molar-refractivity contribution in [3.63, 3.8) is 0 Å². The van der Waals surface area contributed by atoms with Crippen molar-refractivity contribution in [1.29, 1.82) is 0 Å². The summed E-state index contributed by atoms with van der Waals surface area (Å²) < 4.78 is 22.6. The van der Waals surface area contributed by atoms with Crippen LogP contribution in [0.15, 0.2) is 24.3 Å². The highest BCUT2D eigenvalue weighted by Crippen LogP contribution is 2.14. The molecule has 0 aliphatic rings. The topological polar surface area (TPSA) is 101 Å². The predicted molar refractivity (Wildman–Crippen MR) is 79.9 cm³/mol. The van der Waals surface area contributed by atoms with Crippen molar-refractivity contribution in [2.75, 3.05) is 11.6 Å². The third-order valence-corrected chi connectivity index (χ3v) is 4.69. The van der Waals surface area contributed by atoms with Crippen LogP contribution in [-0.4, -0.2) is 36.9 Å². The Morgan fingerprint density at radius 3 is 2.14 bits per heavy atom. The maximum absolute atomic E-state index is 11.7. The summed E-state index contributed by atoms with van der Waals surface area (Å²) >= 11 is 0. The molecule has 0 aliphatic heterocycles. The van der Waals surface area contributed by atoms with Gasteiger partial charge in [0, 0.05) is 11.9 Å². The number of carbonyl (C=O) groups is 2. The highest BCUT2D eigenvalue weighted by Gasteiger charge is 2.23. The van der Waals surface area contributed by atoms with E-state index >= 15 is 0 Å². The van der Waals surface area contributed by atoms with Gasteiger partial charge in [-0.05, 0) is 31.0 Å². The Labute approximate surface area is 124 Å². The molecule has 0 aromatic heterocycles. The zero-order valence-electron chi connectivity index (χ0n) is 12.2. The van der Waals surface area contributed by atoms with Crippen molar-refractivity contribution < 1.29 is 23.1 Å². The van der Waals surface area contributed by atoms with Gasteiger partial charge in [-0.15, -0.1) is 0 Å². The summed E-state index contributed by atoms with van der Waals surface area (Å²) in [7, 11) is -3.43. The van der Waals surface area contributed by atoms with E-state index in [9.17, 15) is 18.0 Å². The maximum atomic E-state index is 11.7. The highest BCUT2D eigenvalue weighted by molar-refractivity contribution is 7.92. The lowest BCUT2D eigenvalue weighted by Crippen LogP contribution is -2.31. The van der Waals surface area contributed by atoms with Crippen LogP contribution in [0.5, 0.6) is 0 Å². The summed E-state index contributed by atoms with van der Waals surface area (Å²) in [5.41, 5.74) is 1.31. The molecule has 0 fully saturated rings. The van der Waals surface area contributed by atoms with Crippen molar-refractivity contribution in [2.45, 2.75) is 25.5 Å². The zero-order chi connectivity index (χ0) is 16.2. The molecule has 0 saturated carbocycles. The number of carboxylic acids is 1. The van der Waals surface area contributed by atoms with E-state index in [-0.39, 0.29) is 0 Å². The lowest BCUT2D eigenvalue weighted by molar-refractivity contribution is -0.141. The molecule has 0 spiro atoms. The Balaban J connectivity index is 2.71. The number of carboxylic acid groups (broad SMARTS) is 1. The summed E-state index contributed by atoms with van der Waals surface area (Å²) in [6.07, 6.45) is 1.40. The molecule has 6 nitrogen and oxygen atoms in total. The predicted octanol–water partition coefficient (Wildman–Crippen LogP) is 1.32. The minimum Gasteiger partial charge on any atom is -0.481 e. The van der Waals surface area contributed by atoms with Crippen LogP contribution in [-0.2, 0) is 25.8 Å². The lowest BCUT2D eigenvalue weighted by Gasteiger charge is -2.11. The van der Waals surface area contributed by atoms with Gasteiger partial charge in [0.25, 0.3) is 0 Å². The molecule has 0 heterocycles. The average molecular weight is 313 g/mol. The fourth-order valence-corrected chi connectivity index (χ4v) is 2.05. The number of carbonyl (C=O) groups excluding carboxylic acids is 1. The number of aliphatic carboxylic acids is 1. The molecule has 1 rings (SSSR count). The second kappa shape index (κ2) is 6.71.